The van der Waals surface area contributed by atoms with Crippen molar-refractivity contribution >= 4 is 11.7 Å². The number of rotatable bonds is 4. The van der Waals surface area contributed by atoms with E-state index in [4.69, 9.17) is 4.74 Å². The van der Waals surface area contributed by atoms with Crippen LogP contribution in [0.25, 0.3) is 0 Å². The monoisotopic (exact) mass is 393 g/mol. The Kier molecular flexibility index (Phi) is 3.64. The first-order valence-electron chi connectivity index (χ1n) is 8.49. The molecule has 0 amide bonds. The molecule has 1 aliphatic carbocycles. The van der Waals surface area contributed by atoms with Crippen LogP contribution in [0.15, 0.2) is 24.3 Å². The number of halogens is 3. The average Bonchev–Trinajstić information content (AvgIpc) is 3.20. The maximum absolute atomic E-state index is 12.5. The molecule has 1 saturated carbocycles. The molecule has 1 aromatic heterocycles. The number of hydrogen-bond donors (Lipinski definition) is 0. The zero-order valence-corrected chi connectivity index (χ0v) is 14.8. The molecule has 2 aromatic rings. The van der Waals surface area contributed by atoms with Gasteiger partial charge in [0.2, 0.25) is 0 Å². The van der Waals surface area contributed by atoms with Crippen LogP contribution in [0.3, 0.4) is 0 Å². The van der Waals surface area contributed by atoms with E-state index in [9.17, 15) is 13.2 Å². The van der Waals surface area contributed by atoms with E-state index >= 15 is 0 Å². The van der Waals surface area contributed by atoms with E-state index in [2.05, 4.69) is 30.2 Å². The van der Waals surface area contributed by atoms with Gasteiger partial charge in [0.1, 0.15) is 11.4 Å². The van der Waals surface area contributed by atoms with Gasteiger partial charge in [-0.05, 0) is 24.0 Å². The molecule has 0 spiro atoms. The molecule has 2 atom stereocenters. The van der Waals surface area contributed by atoms with Crippen LogP contribution in [0.5, 0.6) is 11.6 Å². The molecule has 4 fully saturated rings. The fraction of sp³-hybridized carbons (Fsp3) is 0.444. The summed E-state index contributed by atoms with van der Waals surface area (Å²) in [6.07, 6.45) is -4.76. The topological polar surface area (TPSA) is 47.5 Å². The van der Waals surface area contributed by atoms with Crippen molar-refractivity contribution in [1.82, 2.24) is 13.6 Å². The van der Waals surface area contributed by atoms with Gasteiger partial charge in [0.25, 0.3) is 5.88 Å². The molecule has 2 unspecified atom stereocenters. The first-order valence-corrected chi connectivity index (χ1v) is 9.22. The molecular formula is C18H14F3N3O2S. The Morgan fingerprint density at radius 3 is 2.70 bits per heavy atom. The third-order valence-electron chi connectivity index (χ3n) is 5.61. The highest BCUT2D eigenvalue weighted by molar-refractivity contribution is 6.99. The highest BCUT2D eigenvalue weighted by atomic mass is 32.1. The quantitative estimate of drug-likeness (QED) is 0.748. The van der Waals surface area contributed by atoms with Crippen molar-refractivity contribution in [1.29, 1.82) is 0 Å². The van der Waals surface area contributed by atoms with Crippen LogP contribution in [0.1, 0.15) is 11.3 Å². The van der Waals surface area contributed by atoms with Gasteiger partial charge in [-0.1, -0.05) is 24.0 Å². The van der Waals surface area contributed by atoms with E-state index in [1.165, 1.54) is 18.2 Å². The summed E-state index contributed by atoms with van der Waals surface area (Å²) in [7, 11) is 0. The van der Waals surface area contributed by atoms with Gasteiger partial charge in [-0.25, -0.2) is 0 Å². The van der Waals surface area contributed by atoms with Gasteiger partial charge in [-0.15, -0.1) is 17.5 Å². The van der Waals surface area contributed by atoms with E-state index in [1.54, 1.807) is 6.07 Å². The fourth-order valence-electron chi connectivity index (χ4n) is 4.55. The Bertz CT molecular complexity index is 937. The van der Waals surface area contributed by atoms with Crippen molar-refractivity contribution in [3.8, 4) is 23.5 Å². The lowest BCUT2D eigenvalue weighted by molar-refractivity contribution is -0.274. The molecule has 6 rings (SSSR count). The number of piperidine rings is 3. The molecule has 4 aliphatic rings. The van der Waals surface area contributed by atoms with Crippen LogP contribution >= 0.6 is 11.7 Å². The molecule has 5 nitrogen and oxygen atoms in total. The van der Waals surface area contributed by atoms with E-state index in [0.29, 0.717) is 17.7 Å². The van der Waals surface area contributed by atoms with Gasteiger partial charge in [-0.2, -0.15) is 4.37 Å². The second kappa shape index (κ2) is 5.84. The molecule has 3 saturated heterocycles. The van der Waals surface area contributed by atoms with Crippen LogP contribution in [-0.2, 0) is 5.41 Å². The fourth-order valence-corrected chi connectivity index (χ4v) is 5.14. The van der Waals surface area contributed by atoms with Gasteiger partial charge in [0.05, 0.1) is 17.3 Å². The summed E-state index contributed by atoms with van der Waals surface area (Å²) in [5.74, 6) is 6.90. The van der Waals surface area contributed by atoms with Crippen LogP contribution in [-0.4, -0.2) is 46.3 Å². The van der Waals surface area contributed by atoms with Crippen LogP contribution < -0.4 is 9.47 Å². The lowest BCUT2D eigenvalue weighted by atomic mass is 10.0. The average molecular weight is 393 g/mol. The minimum absolute atomic E-state index is 0.0217. The van der Waals surface area contributed by atoms with Crippen LogP contribution in [0.2, 0.25) is 0 Å². The zero-order chi connectivity index (χ0) is 18.6. The summed E-state index contributed by atoms with van der Waals surface area (Å²) in [5.41, 5.74) is 1.17. The Morgan fingerprint density at radius 1 is 1.22 bits per heavy atom. The van der Waals surface area contributed by atoms with E-state index in [1.807, 2.05) is 0 Å². The molecule has 0 N–H and O–H groups in total. The van der Waals surface area contributed by atoms with Gasteiger partial charge >= 0.3 is 6.36 Å². The normalized spacial score (nSPS) is 30.0. The van der Waals surface area contributed by atoms with Crippen molar-refractivity contribution < 1.29 is 22.6 Å². The van der Waals surface area contributed by atoms with Gasteiger partial charge < -0.3 is 14.4 Å². The summed E-state index contributed by atoms with van der Waals surface area (Å²) < 4.78 is 55.7. The smallest absolute Gasteiger partial charge is 0.463 e. The minimum atomic E-state index is -4.76. The first-order chi connectivity index (χ1) is 13.0. The summed E-state index contributed by atoms with van der Waals surface area (Å²) >= 11 is 1.13. The van der Waals surface area contributed by atoms with Crippen molar-refractivity contribution in [2.75, 3.05) is 26.2 Å². The molecule has 0 radical (unpaired) electrons. The molecule has 4 heterocycles. The van der Waals surface area contributed by atoms with Gasteiger partial charge in [-0.3, -0.25) is 0 Å². The van der Waals surface area contributed by atoms with Gasteiger partial charge in [0, 0.05) is 25.0 Å². The first kappa shape index (κ1) is 16.8. The standard InChI is InChI=1S/C18H14F3N3O2S/c19-18(20,21)26-14-6-2-1-4-11(14)5-3-7-25-16-15(22-27-23-16)17-10-24-8-12(17)13(17)9-24/h1-2,4,6,12-13H,7-10H2. The summed E-state index contributed by atoms with van der Waals surface area (Å²) in [5, 5.41) is 0. The van der Waals surface area contributed by atoms with E-state index in [-0.39, 0.29) is 23.3 Å². The summed E-state index contributed by atoms with van der Waals surface area (Å²) in [6, 6.07) is 5.76. The maximum Gasteiger partial charge on any atom is 0.573 e. The zero-order valence-electron chi connectivity index (χ0n) is 14.0. The van der Waals surface area contributed by atoms with E-state index < -0.39 is 6.36 Å². The number of hydrogen-bond acceptors (Lipinski definition) is 6. The third-order valence-corrected chi connectivity index (χ3v) is 6.12. The van der Waals surface area contributed by atoms with Gasteiger partial charge in [0.15, 0.2) is 6.61 Å². The number of alkyl halides is 3. The SMILES string of the molecule is FC(F)(F)Oc1ccccc1C#CCOc1nsnc1C12CN3CC1C2C3. The minimum Gasteiger partial charge on any atom is -0.463 e. The third kappa shape index (κ3) is 2.75. The predicted octanol–water partition coefficient (Wildman–Crippen LogP) is 2.68. The number of aromatic nitrogens is 2. The lowest BCUT2D eigenvalue weighted by Crippen LogP contribution is -2.17. The molecule has 1 aromatic carbocycles. The number of para-hydroxylation sites is 1. The Morgan fingerprint density at radius 2 is 2.00 bits per heavy atom. The molecular weight excluding hydrogens is 379 g/mol. The molecule has 3 aliphatic heterocycles. The summed E-state index contributed by atoms with van der Waals surface area (Å²) in [6.45, 7) is 3.28. The largest absolute Gasteiger partial charge is 0.573 e. The highest BCUT2D eigenvalue weighted by Crippen LogP contribution is 2.70. The number of ether oxygens (including phenoxy) is 2. The van der Waals surface area contributed by atoms with Crippen LogP contribution in [0.4, 0.5) is 13.2 Å². The van der Waals surface area contributed by atoms with Crippen molar-refractivity contribution in [2.24, 2.45) is 11.8 Å². The second-order valence-corrected chi connectivity index (χ2v) is 7.53. The van der Waals surface area contributed by atoms with Crippen LogP contribution in [0, 0.1) is 23.7 Å². The summed E-state index contributed by atoms with van der Waals surface area (Å²) in [4.78, 5) is 2.44. The highest BCUT2D eigenvalue weighted by Gasteiger charge is 2.76. The Balaban J connectivity index is 1.27. The van der Waals surface area contributed by atoms with Crippen molar-refractivity contribution in [3.63, 3.8) is 0 Å². The van der Waals surface area contributed by atoms with Crippen molar-refractivity contribution in [2.45, 2.75) is 11.8 Å². The van der Waals surface area contributed by atoms with Crippen molar-refractivity contribution in [3.05, 3.63) is 35.5 Å². The predicted molar refractivity (Wildman–Crippen MR) is 90.5 cm³/mol. The molecule has 140 valence electrons. The maximum atomic E-state index is 12.5. The molecule has 27 heavy (non-hydrogen) atoms. The second-order valence-electron chi connectivity index (χ2n) is 7.00. The Hall–Kier alpha value is -2.31. The Labute approximate surface area is 157 Å². The number of benzene rings is 1. The molecule has 4 bridgehead atoms. The lowest BCUT2D eigenvalue weighted by Gasteiger charge is -2.10. The number of nitrogens with zero attached hydrogens (tertiary/aromatic N) is 3. The molecule has 9 heteroatoms. The van der Waals surface area contributed by atoms with E-state index in [0.717, 1.165) is 37.1 Å².